The van der Waals surface area contributed by atoms with Crippen LogP contribution in [0.5, 0.6) is 17.2 Å². The molecule has 1 N–H and O–H groups in total. The van der Waals surface area contributed by atoms with Crippen LogP contribution in [0.25, 0.3) is 11.1 Å². The molecule has 0 aliphatic heterocycles. The molecular weight excluding hydrogens is 937 g/mol. The third-order valence-electron chi connectivity index (χ3n) is 13.0. The summed E-state index contributed by atoms with van der Waals surface area (Å²) in [5, 5.41) is 4.77. The molecule has 74 heavy (non-hydrogen) atoms. The third kappa shape index (κ3) is 16.3. The number of nitrogens with zero attached hydrogens (tertiary/aromatic N) is 1. The van der Waals surface area contributed by atoms with Crippen LogP contribution in [0.2, 0.25) is 0 Å². The van der Waals surface area contributed by atoms with Gasteiger partial charge in [-0.05, 0) is 134 Å². The first kappa shape index (κ1) is 53.9. The summed E-state index contributed by atoms with van der Waals surface area (Å²) >= 11 is 0. The van der Waals surface area contributed by atoms with Crippen LogP contribution in [0.15, 0.2) is 133 Å². The highest BCUT2D eigenvalue weighted by Crippen LogP contribution is 2.43. The van der Waals surface area contributed by atoms with Crippen LogP contribution in [0, 0.1) is 24.2 Å². The van der Waals surface area contributed by atoms with Crippen molar-refractivity contribution in [3.05, 3.63) is 161 Å². The average molecular weight is 1000 g/mol. The highest BCUT2D eigenvalue weighted by atomic mass is 16.5. The lowest BCUT2D eigenvalue weighted by molar-refractivity contribution is -0.155. The number of benzene rings is 5. The second kappa shape index (κ2) is 28.4. The van der Waals surface area contributed by atoms with E-state index in [0.29, 0.717) is 88.4 Å². The molecule has 5 aromatic carbocycles. The normalized spacial score (nSPS) is 14.7. The molecule has 0 saturated heterocycles. The maximum atomic E-state index is 13.2. The van der Waals surface area contributed by atoms with E-state index in [1.807, 2.05) is 84.8 Å². The molecule has 0 radical (unpaired) electrons. The van der Waals surface area contributed by atoms with Gasteiger partial charge in [-0.25, -0.2) is 9.59 Å². The molecule has 0 spiro atoms. The number of hydrazone groups is 1. The zero-order valence-electron chi connectivity index (χ0n) is 42.2. The van der Waals surface area contributed by atoms with Gasteiger partial charge in [0, 0.05) is 36.3 Å². The fourth-order valence-corrected chi connectivity index (χ4v) is 8.89. The van der Waals surface area contributed by atoms with Crippen LogP contribution in [0.4, 0.5) is 0 Å². The van der Waals surface area contributed by atoms with Crippen molar-refractivity contribution in [2.24, 2.45) is 16.9 Å². The fraction of sp³-hybridized carbons (Fsp3) is 0.361. The predicted molar refractivity (Wildman–Crippen MR) is 283 cm³/mol. The molecule has 7 rings (SSSR count). The minimum atomic E-state index is -0.688. The topological polar surface area (TPSA) is 157 Å². The molecule has 2 aliphatic carbocycles. The minimum Gasteiger partial charge on any atom is -0.494 e. The second-order valence-corrected chi connectivity index (χ2v) is 18.5. The van der Waals surface area contributed by atoms with E-state index >= 15 is 0 Å². The van der Waals surface area contributed by atoms with Crippen molar-refractivity contribution < 1.29 is 52.3 Å². The van der Waals surface area contributed by atoms with Gasteiger partial charge in [0.05, 0.1) is 63.7 Å². The molecule has 0 heterocycles. The first-order chi connectivity index (χ1) is 36.1. The van der Waals surface area contributed by atoms with Gasteiger partial charge in [0.15, 0.2) is 0 Å². The number of fused-ring (bicyclic) bond motifs is 3. The van der Waals surface area contributed by atoms with Crippen molar-refractivity contribution in [2.75, 3.05) is 39.6 Å². The van der Waals surface area contributed by atoms with E-state index in [1.54, 1.807) is 13.1 Å². The summed E-state index contributed by atoms with van der Waals surface area (Å²) in [6.07, 6.45) is 14.3. The standard InChI is InChI=1S/C61H66N2O11/c1-4-57(64)70-37-13-36-69-50-27-18-44(19-28-50)32-38-72-60(66)47-23-25-48(26-24-47)61(67)73-39-33-45-22-31-56(49(40-45)41-62-63-58-54-16-9-7-14-52(54)53-15-8-10-17-55(53)58)74-42-46-20-29-51(30-21-46)68-34-11-5-6-12-35-71-59(65)43(2)3/h1,7-10,14-22,27-31,40-41,47-48,58,63H,2,5-6,11-13,23-26,32-39,42H2,3H3/b62-41+. The van der Waals surface area contributed by atoms with Gasteiger partial charge in [0.25, 0.3) is 0 Å². The number of hydrogen-bond acceptors (Lipinski definition) is 13. The molecule has 0 atom stereocenters. The van der Waals surface area contributed by atoms with Crippen LogP contribution < -0.4 is 19.6 Å². The van der Waals surface area contributed by atoms with Gasteiger partial charge in [-0.1, -0.05) is 85.4 Å². The largest absolute Gasteiger partial charge is 0.494 e. The summed E-state index contributed by atoms with van der Waals surface area (Å²) in [7, 11) is 0. The molecule has 0 bridgehead atoms. The number of unbranched alkanes of at least 4 members (excludes halogenated alkanes) is 3. The van der Waals surface area contributed by atoms with Gasteiger partial charge >= 0.3 is 23.9 Å². The third-order valence-corrected chi connectivity index (χ3v) is 13.0. The Bertz CT molecular complexity index is 2690. The Morgan fingerprint density at radius 3 is 1.73 bits per heavy atom. The van der Waals surface area contributed by atoms with Gasteiger partial charge in [-0.2, -0.15) is 5.10 Å². The minimum absolute atomic E-state index is 0.110. The molecule has 1 fully saturated rings. The number of esters is 4. The summed E-state index contributed by atoms with van der Waals surface area (Å²) in [6, 6.07) is 38.0. The van der Waals surface area contributed by atoms with Gasteiger partial charge in [-0.3, -0.25) is 15.0 Å². The Morgan fingerprint density at radius 1 is 0.608 bits per heavy atom. The van der Waals surface area contributed by atoms with Crippen LogP contribution in [0.3, 0.4) is 0 Å². The predicted octanol–water partition coefficient (Wildman–Crippen LogP) is 10.6. The molecule has 0 unspecified atom stereocenters. The van der Waals surface area contributed by atoms with Crippen molar-refractivity contribution in [2.45, 2.75) is 90.2 Å². The molecule has 2 aliphatic rings. The highest BCUT2D eigenvalue weighted by Gasteiger charge is 2.32. The first-order valence-electron chi connectivity index (χ1n) is 25.6. The van der Waals surface area contributed by atoms with E-state index < -0.39 is 5.97 Å². The van der Waals surface area contributed by atoms with E-state index in [4.69, 9.17) is 44.7 Å². The molecule has 0 amide bonds. The number of rotatable bonds is 28. The summed E-state index contributed by atoms with van der Waals surface area (Å²) in [4.78, 5) is 48.7. The lowest BCUT2D eigenvalue weighted by atomic mass is 9.82. The molecule has 386 valence electrons. The summed E-state index contributed by atoms with van der Waals surface area (Å²) in [5.41, 5.74) is 12.3. The summed E-state index contributed by atoms with van der Waals surface area (Å²) in [5.74, 6) is 2.01. The quantitative estimate of drug-likeness (QED) is 0.00740. The van der Waals surface area contributed by atoms with E-state index in [0.717, 1.165) is 64.8 Å². The number of ether oxygens (including phenoxy) is 7. The lowest BCUT2D eigenvalue weighted by Gasteiger charge is -2.26. The Morgan fingerprint density at radius 2 is 1.14 bits per heavy atom. The zero-order valence-corrected chi connectivity index (χ0v) is 42.2. The highest BCUT2D eigenvalue weighted by molar-refractivity contribution is 5.88. The fourth-order valence-electron chi connectivity index (χ4n) is 8.89. The first-order valence-corrected chi connectivity index (χ1v) is 25.6. The molecule has 0 aromatic heterocycles. The van der Waals surface area contributed by atoms with Crippen molar-refractivity contribution >= 4 is 30.1 Å². The number of terminal acetylenes is 1. The molecule has 5 aromatic rings. The van der Waals surface area contributed by atoms with Crippen LogP contribution in [-0.4, -0.2) is 69.7 Å². The Labute approximate surface area is 434 Å². The van der Waals surface area contributed by atoms with Crippen LogP contribution >= 0.6 is 0 Å². The number of carbonyl (C=O) groups excluding carboxylic acids is 4. The van der Waals surface area contributed by atoms with Crippen molar-refractivity contribution in [3.63, 3.8) is 0 Å². The van der Waals surface area contributed by atoms with Crippen molar-refractivity contribution in [1.82, 2.24) is 5.43 Å². The summed E-state index contributed by atoms with van der Waals surface area (Å²) < 4.78 is 39.5. The molecule has 13 heteroatoms. The maximum Gasteiger partial charge on any atom is 0.384 e. The van der Waals surface area contributed by atoms with Crippen molar-refractivity contribution in [1.29, 1.82) is 0 Å². The average Bonchev–Trinajstić information content (AvgIpc) is 3.74. The van der Waals surface area contributed by atoms with Crippen LogP contribution in [0.1, 0.15) is 104 Å². The molecule has 1 saturated carbocycles. The van der Waals surface area contributed by atoms with Crippen molar-refractivity contribution in [3.8, 4) is 40.7 Å². The Kier molecular flexibility index (Phi) is 20.7. The van der Waals surface area contributed by atoms with E-state index in [-0.39, 0.29) is 55.6 Å². The molecular formula is C61H66N2O11. The second-order valence-electron chi connectivity index (χ2n) is 18.5. The monoisotopic (exact) mass is 1000 g/mol. The van der Waals surface area contributed by atoms with Gasteiger partial charge < -0.3 is 33.2 Å². The zero-order chi connectivity index (χ0) is 51.9. The maximum absolute atomic E-state index is 13.2. The molecule has 13 nitrogen and oxygen atoms in total. The summed E-state index contributed by atoms with van der Waals surface area (Å²) in [6.45, 7) is 7.62. The number of carbonyl (C=O) groups is 4. The van der Waals surface area contributed by atoms with E-state index in [9.17, 15) is 19.2 Å². The number of hydrogen-bond donors (Lipinski definition) is 1. The van der Waals surface area contributed by atoms with Gasteiger partial charge in [0.1, 0.15) is 23.9 Å². The van der Waals surface area contributed by atoms with Gasteiger partial charge in [-0.15, -0.1) is 6.42 Å². The SMILES string of the molecule is C#CC(=O)OCCCOc1ccc(CCOC(=O)C2CCC(C(=O)OCCc3ccc(OCc4ccc(OCCCCCCOC(=O)C(=C)C)cc4)c(/C=N/NC4c5ccccc5-c5ccccc54)c3)CC2)cc1. The smallest absolute Gasteiger partial charge is 0.384 e. The Hall–Kier alpha value is -7.85. The van der Waals surface area contributed by atoms with Crippen LogP contribution in [-0.2, 0) is 57.6 Å². The van der Waals surface area contributed by atoms with E-state index in [2.05, 4.69) is 48.4 Å². The Balaban J connectivity index is 0.859. The lowest BCUT2D eigenvalue weighted by Crippen LogP contribution is -2.29. The number of nitrogens with one attached hydrogen (secondary N) is 1. The van der Waals surface area contributed by atoms with E-state index in [1.165, 1.54) is 11.1 Å². The van der Waals surface area contributed by atoms with Gasteiger partial charge in [0.2, 0.25) is 0 Å².